The summed E-state index contributed by atoms with van der Waals surface area (Å²) < 4.78 is 26.7. The molecule has 0 aliphatic heterocycles. The molecule has 0 aliphatic carbocycles. The van der Waals surface area contributed by atoms with Gasteiger partial charge in [-0.25, -0.2) is 8.42 Å². The molecule has 0 N–H and O–H groups in total. The second-order valence-corrected chi connectivity index (χ2v) is 8.74. The first kappa shape index (κ1) is 16.8. The van der Waals surface area contributed by atoms with Crippen molar-refractivity contribution in [1.29, 1.82) is 0 Å². The van der Waals surface area contributed by atoms with Crippen LogP contribution in [0, 0.1) is 0 Å². The van der Waals surface area contributed by atoms with Crippen molar-refractivity contribution in [2.24, 2.45) is 0 Å². The normalized spacial score (nSPS) is 12.0. The minimum atomic E-state index is -3.50. The van der Waals surface area contributed by atoms with Crippen molar-refractivity contribution in [2.75, 3.05) is 12.9 Å². The molecule has 1 heterocycles. The second kappa shape index (κ2) is 7.11. The smallest absolute Gasteiger partial charge is 0.206 e. The van der Waals surface area contributed by atoms with Crippen LogP contribution in [0.1, 0.15) is 10.4 Å². The number of thiophene rings is 1. The maximum atomic E-state index is 12.5. The van der Waals surface area contributed by atoms with Crippen molar-refractivity contribution < 1.29 is 8.42 Å². The van der Waals surface area contributed by atoms with Crippen LogP contribution >= 0.6 is 34.5 Å². The average molecular weight is 364 g/mol. The van der Waals surface area contributed by atoms with Crippen molar-refractivity contribution in [3.05, 3.63) is 51.9 Å². The van der Waals surface area contributed by atoms with Crippen molar-refractivity contribution in [1.82, 2.24) is 4.31 Å². The highest BCUT2D eigenvalue weighted by atomic mass is 35.5. The molecule has 114 valence electrons. The molecule has 1 aromatic carbocycles. The van der Waals surface area contributed by atoms with E-state index < -0.39 is 10.0 Å². The zero-order chi connectivity index (χ0) is 15.5. The summed E-state index contributed by atoms with van der Waals surface area (Å²) in [6.07, 6.45) is 0.677. The number of alkyl halides is 1. The maximum absolute atomic E-state index is 12.5. The van der Waals surface area contributed by atoms with Gasteiger partial charge in [0.05, 0.1) is 0 Å². The Morgan fingerprint density at radius 1 is 1.19 bits per heavy atom. The Balaban J connectivity index is 2.20. The number of hydrogen-bond acceptors (Lipinski definition) is 3. The van der Waals surface area contributed by atoms with E-state index in [-0.39, 0.29) is 6.54 Å². The first-order valence-corrected chi connectivity index (χ1v) is 9.46. The third-order valence-electron chi connectivity index (χ3n) is 2.99. The summed E-state index contributed by atoms with van der Waals surface area (Å²) in [5.41, 5.74) is 0.780. The molecule has 0 spiro atoms. The van der Waals surface area contributed by atoms with Gasteiger partial charge in [-0.3, -0.25) is 0 Å². The van der Waals surface area contributed by atoms with Crippen molar-refractivity contribution in [2.45, 2.75) is 17.2 Å². The molecule has 3 nitrogen and oxygen atoms in total. The first-order chi connectivity index (χ1) is 9.95. The molecule has 0 unspecified atom stereocenters. The lowest BCUT2D eigenvalue weighted by atomic mass is 10.2. The number of benzene rings is 1. The molecule has 0 amide bonds. The van der Waals surface area contributed by atoms with Crippen LogP contribution in [0.25, 0.3) is 0 Å². The predicted octanol–water partition coefficient (Wildman–Crippen LogP) is 4.00. The van der Waals surface area contributed by atoms with E-state index in [9.17, 15) is 8.42 Å². The van der Waals surface area contributed by atoms with Gasteiger partial charge in [0.2, 0.25) is 0 Å². The van der Waals surface area contributed by atoms with Crippen molar-refractivity contribution in [3.63, 3.8) is 0 Å². The van der Waals surface area contributed by atoms with Gasteiger partial charge < -0.3 is 0 Å². The molecule has 0 bridgehead atoms. The lowest BCUT2D eigenvalue weighted by molar-refractivity contribution is 0.468. The summed E-state index contributed by atoms with van der Waals surface area (Å²) in [6.45, 7) is 0.241. The fourth-order valence-corrected chi connectivity index (χ4v) is 5.06. The van der Waals surface area contributed by atoms with E-state index in [1.807, 2.05) is 24.3 Å². The number of halogens is 2. The Hall–Kier alpha value is -0.590. The predicted molar refractivity (Wildman–Crippen MR) is 88.8 cm³/mol. The van der Waals surface area contributed by atoms with Crippen molar-refractivity contribution >= 4 is 44.6 Å². The van der Waals surface area contributed by atoms with E-state index >= 15 is 0 Å². The molecular weight excluding hydrogens is 349 g/mol. The third kappa shape index (κ3) is 3.99. The molecule has 21 heavy (non-hydrogen) atoms. The molecule has 2 rings (SSSR count). The molecular formula is C14H15Cl2NO2S2. The maximum Gasteiger partial charge on any atom is 0.252 e. The third-order valence-corrected chi connectivity index (χ3v) is 6.97. The minimum absolute atomic E-state index is 0.241. The highest BCUT2D eigenvalue weighted by molar-refractivity contribution is 7.91. The van der Waals surface area contributed by atoms with E-state index in [1.165, 1.54) is 15.6 Å². The van der Waals surface area contributed by atoms with Gasteiger partial charge in [0.25, 0.3) is 10.0 Å². The highest BCUT2D eigenvalue weighted by Crippen LogP contribution is 2.26. The molecule has 0 saturated heterocycles. The molecule has 7 heteroatoms. The van der Waals surface area contributed by atoms with Crippen LogP contribution in [0.3, 0.4) is 0 Å². The highest BCUT2D eigenvalue weighted by Gasteiger charge is 2.23. The molecule has 0 atom stereocenters. The van der Waals surface area contributed by atoms with Crippen LogP contribution in [0.4, 0.5) is 0 Å². The first-order valence-electron chi connectivity index (χ1n) is 6.29. The number of sulfonamides is 1. The quantitative estimate of drug-likeness (QED) is 0.727. The molecule has 0 saturated carbocycles. The summed E-state index contributed by atoms with van der Waals surface area (Å²) in [6, 6.07) is 10.7. The summed E-state index contributed by atoms with van der Waals surface area (Å²) in [5, 5.41) is 0.563. The number of nitrogens with zero attached hydrogens (tertiary/aromatic N) is 1. The molecule has 0 aliphatic rings. The Labute approximate surface area is 139 Å². The van der Waals surface area contributed by atoms with Gasteiger partial charge in [-0.05, 0) is 30.2 Å². The largest absolute Gasteiger partial charge is 0.252 e. The summed E-state index contributed by atoms with van der Waals surface area (Å²) in [4.78, 5) is 0.967. The lowest BCUT2D eigenvalue weighted by Crippen LogP contribution is -2.25. The van der Waals surface area contributed by atoms with Crippen LogP contribution < -0.4 is 0 Å². The Kier molecular flexibility index (Phi) is 5.68. The monoisotopic (exact) mass is 363 g/mol. The summed E-state index contributed by atoms with van der Waals surface area (Å²) in [7, 11) is -1.95. The molecule has 0 radical (unpaired) electrons. The Morgan fingerprint density at radius 2 is 1.90 bits per heavy atom. The summed E-state index contributed by atoms with van der Waals surface area (Å²) in [5.74, 6) is 0.482. The van der Waals surface area contributed by atoms with Crippen molar-refractivity contribution in [3.8, 4) is 0 Å². The van der Waals surface area contributed by atoms with Crippen LogP contribution in [0.5, 0.6) is 0 Å². The van der Waals surface area contributed by atoms with Gasteiger partial charge in [-0.1, -0.05) is 29.8 Å². The number of rotatable bonds is 6. The Bertz CT molecular complexity index is 713. The van der Waals surface area contributed by atoms with E-state index in [0.29, 0.717) is 21.5 Å². The van der Waals surface area contributed by atoms with E-state index in [0.717, 1.165) is 10.4 Å². The van der Waals surface area contributed by atoms with Crippen LogP contribution in [-0.4, -0.2) is 25.7 Å². The van der Waals surface area contributed by atoms with Gasteiger partial charge in [0.1, 0.15) is 4.21 Å². The van der Waals surface area contributed by atoms with Gasteiger partial charge in [-0.15, -0.1) is 22.9 Å². The van der Waals surface area contributed by atoms with E-state index in [1.54, 1.807) is 19.2 Å². The van der Waals surface area contributed by atoms with E-state index in [4.69, 9.17) is 23.2 Å². The van der Waals surface area contributed by atoms with Crippen LogP contribution in [0.15, 0.2) is 40.6 Å². The zero-order valence-electron chi connectivity index (χ0n) is 11.4. The van der Waals surface area contributed by atoms with Gasteiger partial charge >= 0.3 is 0 Å². The Morgan fingerprint density at radius 3 is 2.57 bits per heavy atom. The second-order valence-electron chi connectivity index (χ2n) is 4.51. The minimum Gasteiger partial charge on any atom is -0.206 e. The van der Waals surface area contributed by atoms with Gasteiger partial charge in [0, 0.05) is 29.4 Å². The summed E-state index contributed by atoms with van der Waals surface area (Å²) >= 11 is 13.0. The van der Waals surface area contributed by atoms with E-state index in [2.05, 4.69) is 0 Å². The standard InChI is InChI=1S/C14H15Cl2NO2S2/c1-17(10-11-4-2-3-5-13(11)16)21(18,19)14-7-6-12(20-14)8-9-15/h2-7H,8-10H2,1H3. The van der Waals surface area contributed by atoms with Crippen LogP contribution in [-0.2, 0) is 23.0 Å². The van der Waals surface area contributed by atoms with Crippen LogP contribution in [0.2, 0.25) is 5.02 Å². The van der Waals surface area contributed by atoms with Gasteiger partial charge in [-0.2, -0.15) is 4.31 Å². The SMILES string of the molecule is CN(Cc1ccccc1Cl)S(=O)(=O)c1ccc(CCCl)s1. The average Bonchev–Trinajstić information content (AvgIpc) is 2.91. The van der Waals surface area contributed by atoms with Gasteiger partial charge in [0.15, 0.2) is 0 Å². The fourth-order valence-electron chi connectivity index (χ4n) is 1.83. The lowest BCUT2D eigenvalue weighted by Gasteiger charge is -2.16. The number of aryl methyl sites for hydroxylation is 1. The molecule has 0 fully saturated rings. The molecule has 2 aromatic rings. The molecule has 1 aromatic heterocycles. The fraction of sp³-hybridized carbons (Fsp3) is 0.286. The zero-order valence-corrected chi connectivity index (χ0v) is 14.6. The number of hydrogen-bond donors (Lipinski definition) is 0. The topological polar surface area (TPSA) is 37.4 Å².